The lowest BCUT2D eigenvalue weighted by Gasteiger charge is -2.40. The van der Waals surface area contributed by atoms with Crippen LogP contribution in [0, 0.1) is 0 Å². The maximum Gasteiger partial charge on any atom is 0.249 e. The van der Waals surface area contributed by atoms with Crippen molar-refractivity contribution in [2.75, 3.05) is 13.2 Å². The van der Waals surface area contributed by atoms with Crippen molar-refractivity contribution in [2.24, 2.45) is 0 Å². The van der Waals surface area contributed by atoms with Crippen molar-refractivity contribution >= 4 is 5.91 Å². The number of rotatable bonds is 74. The van der Waals surface area contributed by atoms with Crippen molar-refractivity contribution in [1.82, 2.24) is 5.32 Å². The number of ether oxygens (including phenoxy) is 2. The maximum atomic E-state index is 13.3. The van der Waals surface area contributed by atoms with Gasteiger partial charge in [0.25, 0.3) is 0 Å². The minimum atomic E-state index is -1.67. The number of aliphatic hydroxyl groups excluding tert-OH is 7. The molecule has 1 aliphatic rings. The van der Waals surface area contributed by atoms with E-state index in [9.17, 15) is 40.5 Å². The van der Waals surface area contributed by atoms with Gasteiger partial charge < -0.3 is 50.5 Å². The summed E-state index contributed by atoms with van der Waals surface area (Å²) in [5, 5.41) is 76.7. The predicted octanol–water partition coefficient (Wildman–Crippen LogP) is 21.5. The number of hydrogen-bond acceptors (Lipinski definition) is 10. The van der Waals surface area contributed by atoms with Gasteiger partial charge in [-0.25, -0.2) is 0 Å². The molecule has 11 nitrogen and oxygen atoms in total. The van der Waals surface area contributed by atoms with E-state index in [4.69, 9.17) is 9.47 Å². The second-order valence-electron chi connectivity index (χ2n) is 29.2. The van der Waals surface area contributed by atoms with Crippen LogP contribution in [0.2, 0.25) is 0 Å². The van der Waals surface area contributed by atoms with E-state index in [1.807, 2.05) is 0 Å². The summed E-state index contributed by atoms with van der Waals surface area (Å²) in [6.07, 6.45) is 80.3. The third-order valence-electron chi connectivity index (χ3n) is 20.2. The second kappa shape index (κ2) is 70.5. The molecule has 0 saturated carbocycles. The van der Waals surface area contributed by atoms with Crippen molar-refractivity contribution < 1.29 is 50.0 Å². The van der Waals surface area contributed by atoms with Gasteiger partial charge in [0.15, 0.2) is 6.29 Å². The van der Waals surface area contributed by atoms with Crippen LogP contribution in [-0.4, -0.2) is 110 Å². The fourth-order valence-electron chi connectivity index (χ4n) is 13.7. The third-order valence-corrected chi connectivity index (χ3v) is 20.2. The number of hydrogen-bond donors (Lipinski definition) is 8. The fourth-order valence-corrected chi connectivity index (χ4v) is 13.7. The third kappa shape index (κ3) is 57.1. The summed E-state index contributed by atoms with van der Waals surface area (Å²) in [5.41, 5.74) is 0. The normalized spacial score (nSPS) is 18.3. The van der Waals surface area contributed by atoms with E-state index in [1.54, 1.807) is 0 Å². The van der Waals surface area contributed by atoms with E-state index < -0.39 is 74.2 Å². The van der Waals surface area contributed by atoms with Crippen LogP contribution in [0.4, 0.5) is 0 Å². The number of carbonyl (C=O) groups excluding carboxylic acids is 1. The van der Waals surface area contributed by atoms with Crippen molar-refractivity contribution in [2.45, 2.75) is 480 Å². The monoisotopic (exact) mass is 1320 g/mol. The van der Waals surface area contributed by atoms with Gasteiger partial charge in [-0.3, -0.25) is 4.79 Å². The Balaban J connectivity index is 2.13. The molecular weight excluding hydrogens is 1160 g/mol. The molecule has 0 bridgehead atoms. The van der Waals surface area contributed by atoms with Crippen molar-refractivity contribution in [1.29, 1.82) is 0 Å². The molecular formula is C82H159NO10. The lowest BCUT2D eigenvalue weighted by molar-refractivity contribution is -0.303. The van der Waals surface area contributed by atoms with Gasteiger partial charge in [-0.05, 0) is 51.4 Å². The van der Waals surface area contributed by atoms with Gasteiger partial charge in [0.2, 0.25) is 5.91 Å². The summed E-state index contributed by atoms with van der Waals surface area (Å²) < 4.78 is 11.2. The maximum absolute atomic E-state index is 13.3. The zero-order chi connectivity index (χ0) is 67.4. The molecule has 1 fully saturated rings. The average molecular weight is 1320 g/mol. The molecule has 1 rings (SSSR count). The Hall–Kier alpha value is -1.41. The quantitative estimate of drug-likeness (QED) is 0.0215. The molecule has 9 unspecified atom stereocenters. The lowest BCUT2D eigenvalue weighted by Crippen LogP contribution is -2.60. The number of nitrogens with one attached hydrogen (secondary N) is 1. The first-order valence-electron chi connectivity index (χ1n) is 41.2. The molecule has 0 radical (unpaired) electrons. The van der Waals surface area contributed by atoms with Crippen LogP contribution in [0.15, 0.2) is 24.3 Å². The van der Waals surface area contributed by atoms with E-state index in [0.717, 1.165) is 38.5 Å². The largest absolute Gasteiger partial charge is 0.394 e. The molecule has 0 aromatic carbocycles. The SMILES string of the molecule is CCCCCCCCCCCCCCCCCCCCCCCCC/C=C/CC/C=C/CCCC(O)C(O)C(COC1OC(CO)C(O)C(O)C1O)NC(=O)C(O)CCCCCCCCCCCCCCCCCCCCCCCCCCCCCCCCCCCC. The van der Waals surface area contributed by atoms with Crippen LogP contribution in [-0.2, 0) is 14.3 Å². The number of allylic oxidation sites excluding steroid dienone is 4. The lowest BCUT2D eigenvalue weighted by atomic mass is 9.98. The van der Waals surface area contributed by atoms with Gasteiger partial charge in [0.05, 0.1) is 25.4 Å². The molecule has 1 amide bonds. The summed E-state index contributed by atoms with van der Waals surface area (Å²) in [5.74, 6) is -0.701. The molecule has 1 heterocycles. The molecule has 0 spiro atoms. The van der Waals surface area contributed by atoms with Gasteiger partial charge in [-0.1, -0.05) is 398 Å². The van der Waals surface area contributed by atoms with E-state index in [-0.39, 0.29) is 12.8 Å². The van der Waals surface area contributed by atoms with E-state index >= 15 is 0 Å². The Bertz CT molecular complexity index is 1560. The highest BCUT2D eigenvalue weighted by Crippen LogP contribution is 2.25. The van der Waals surface area contributed by atoms with Crippen LogP contribution in [0.25, 0.3) is 0 Å². The zero-order valence-electron chi connectivity index (χ0n) is 61.5. The van der Waals surface area contributed by atoms with Gasteiger partial charge in [0, 0.05) is 0 Å². The fraction of sp³-hybridized carbons (Fsp3) is 0.939. The van der Waals surface area contributed by atoms with E-state index in [1.165, 1.54) is 340 Å². The van der Waals surface area contributed by atoms with E-state index in [2.05, 4.69) is 43.5 Å². The molecule has 552 valence electrons. The highest BCUT2D eigenvalue weighted by Gasteiger charge is 2.44. The Morgan fingerprint density at radius 1 is 0.366 bits per heavy atom. The van der Waals surface area contributed by atoms with Gasteiger partial charge >= 0.3 is 0 Å². The molecule has 1 saturated heterocycles. The molecule has 0 aliphatic carbocycles. The Morgan fingerprint density at radius 3 is 0.957 bits per heavy atom. The summed E-state index contributed by atoms with van der Waals surface area (Å²) in [6.45, 7) is 3.52. The Kier molecular flexibility index (Phi) is 67.9. The average Bonchev–Trinajstić information content (AvgIpc) is 1.04. The number of carbonyl (C=O) groups is 1. The first kappa shape index (κ1) is 89.6. The van der Waals surface area contributed by atoms with Gasteiger partial charge in [-0.2, -0.15) is 0 Å². The first-order valence-corrected chi connectivity index (χ1v) is 41.2. The summed E-state index contributed by atoms with van der Waals surface area (Å²) in [4.78, 5) is 13.3. The second-order valence-corrected chi connectivity index (χ2v) is 29.2. The minimum absolute atomic E-state index is 0.250. The molecule has 0 aromatic heterocycles. The van der Waals surface area contributed by atoms with Crippen molar-refractivity contribution in [3.63, 3.8) is 0 Å². The molecule has 1 aliphatic heterocycles. The standard InChI is InChI=1S/C82H159NO10/c1-3-5-7-9-11-13-15-17-19-21-23-25-27-29-31-33-35-37-38-40-42-44-46-48-50-52-54-56-58-60-62-64-66-68-70-75(86)81(91)83-73(72-92-82-80(90)79(89)78(88)76(71-84)93-82)77(87)74(85)69-67-65-63-61-59-57-55-53-51-49-47-45-43-41-39-36-34-32-30-28-26-24-22-20-18-16-14-12-10-8-6-4-2/h53,55,61,63,73-80,82,84-90H,3-52,54,56-60,62,64-72H2,1-2H3,(H,83,91)/b55-53+,63-61+. The van der Waals surface area contributed by atoms with Gasteiger partial charge in [-0.15, -0.1) is 0 Å². The molecule has 93 heavy (non-hydrogen) atoms. The zero-order valence-corrected chi connectivity index (χ0v) is 61.5. The first-order chi connectivity index (χ1) is 45.7. The van der Waals surface area contributed by atoms with Crippen LogP contribution in [0.3, 0.4) is 0 Å². The summed E-state index contributed by atoms with van der Waals surface area (Å²) in [6, 6.07) is -1.19. The highest BCUT2D eigenvalue weighted by molar-refractivity contribution is 5.80. The van der Waals surface area contributed by atoms with Gasteiger partial charge in [0.1, 0.15) is 36.6 Å². The molecule has 9 atom stereocenters. The minimum Gasteiger partial charge on any atom is -0.394 e. The highest BCUT2D eigenvalue weighted by atomic mass is 16.7. The Labute approximate surface area is 575 Å². The number of aliphatic hydroxyl groups is 7. The summed E-state index contributed by atoms with van der Waals surface area (Å²) in [7, 11) is 0. The summed E-state index contributed by atoms with van der Waals surface area (Å²) >= 11 is 0. The molecule has 0 aromatic rings. The predicted molar refractivity (Wildman–Crippen MR) is 395 cm³/mol. The smallest absolute Gasteiger partial charge is 0.249 e. The van der Waals surface area contributed by atoms with Crippen LogP contribution in [0.5, 0.6) is 0 Å². The van der Waals surface area contributed by atoms with Crippen LogP contribution >= 0.6 is 0 Å². The molecule has 11 heteroatoms. The number of amides is 1. The molecule has 8 N–H and O–H groups in total. The topological polar surface area (TPSA) is 189 Å². The van der Waals surface area contributed by atoms with Crippen LogP contribution in [0.1, 0.15) is 425 Å². The van der Waals surface area contributed by atoms with E-state index in [0.29, 0.717) is 19.3 Å². The van der Waals surface area contributed by atoms with Crippen LogP contribution < -0.4 is 5.32 Å². The van der Waals surface area contributed by atoms with Crippen molar-refractivity contribution in [3.05, 3.63) is 24.3 Å². The Morgan fingerprint density at radius 2 is 0.645 bits per heavy atom. The van der Waals surface area contributed by atoms with Crippen molar-refractivity contribution in [3.8, 4) is 0 Å². The number of unbranched alkanes of at least 4 members (excludes halogenated alkanes) is 58.